The molecule has 2 rings (SSSR count). The van der Waals surface area contributed by atoms with E-state index in [0.29, 0.717) is 23.5 Å². The maximum atomic E-state index is 5.48. The molecule has 0 aliphatic heterocycles. The largest absolute Gasteiger partial charge is 0.496 e. The first kappa shape index (κ1) is 19.2. The van der Waals surface area contributed by atoms with Crippen LogP contribution in [0.1, 0.15) is 38.2 Å². The molecule has 6 heteroatoms. The van der Waals surface area contributed by atoms with Gasteiger partial charge in [-0.05, 0) is 30.7 Å². The normalized spacial score (nSPS) is 16.0. The smallest absolute Gasteiger partial charge is 0.191 e. The minimum Gasteiger partial charge on any atom is -0.496 e. The Kier molecular flexibility index (Phi) is 6.79. The van der Waals surface area contributed by atoms with Crippen molar-refractivity contribution in [2.45, 2.75) is 39.2 Å². The maximum Gasteiger partial charge on any atom is 0.191 e. The van der Waals surface area contributed by atoms with Gasteiger partial charge in [-0.25, -0.2) is 0 Å². The Hall–Kier alpha value is -2.11. The molecule has 1 aromatic carbocycles. The molecule has 0 aromatic heterocycles. The lowest BCUT2D eigenvalue weighted by molar-refractivity contribution is 0.131. The van der Waals surface area contributed by atoms with Crippen LogP contribution in [0.25, 0.3) is 0 Å². The second kappa shape index (κ2) is 8.83. The van der Waals surface area contributed by atoms with Gasteiger partial charge in [-0.1, -0.05) is 13.3 Å². The molecule has 1 aliphatic carbocycles. The monoisotopic (exact) mass is 349 g/mol. The average molecular weight is 349 g/mol. The van der Waals surface area contributed by atoms with Gasteiger partial charge in [0.05, 0.1) is 21.3 Å². The highest BCUT2D eigenvalue weighted by atomic mass is 16.5. The van der Waals surface area contributed by atoms with Gasteiger partial charge in [0, 0.05) is 31.8 Å². The first-order valence-electron chi connectivity index (χ1n) is 8.84. The van der Waals surface area contributed by atoms with Crippen molar-refractivity contribution in [3.63, 3.8) is 0 Å². The Morgan fingerprint density at radius 2 is 1.68 bits per heavy atom. The van der Waals surface area contributed by atoms with Gasteiger partial charge in [0.1, 0.15) is 5.75 Å². The molecule has 1 aliphatic rings. The summed E-state index contributed by atoms with van der Waals surface area (Å²) >= 11 is 0. The predicted molar refractivity (Wildman–Crippen MR) is 101 cm³/mol. The fourth-order valence-corrected chi connectivity index (χ4v) is 3.23. The number of ether oxygens (including phenoxy) is 3. The molecule has 1 aromatic rings. The van der Waals surface area contributed by atoms with Crippen molar-refractivity contribution >= 4 is 5.96 Å². The molecule has 0 radical (unpaired) electrons. The molecule has 1 saturated carbocycles. The van der Waals surface area contributed by atoms with Gasteiger partial charge in [0.2, 0.25) is 0 Å². The van der Waals surface area contributed by atoms with E-state index in [-0.39, 0.29) is 0 Å². The molecule has 1 fully saturated rings. The van der Waals surface area contributed by atoms with Gasteiger partial charge in [0.15, 0.2) is 17.5 Å². The number of aliphatic imine (C=N–C) groups is 1. The van der Waals surface area contributed by atoms with E-state index in [4.69, 9.17) is 14.2 Å². The van der Waals surface area contributed by atoms with Crippen LogP contribution in [0.3, 0.4) is 0 Å². The summed E-state index contributed by atoms with van der Waals surface area (Å²) in [6.07, 6.45) is 5.15. The van der Waals surface area contributed by atoms with Crippen molar-refractivity contribution in [3.05, 3.63) is 17.7 Å². The number of methoxy groups -OCH3 is 3. The SMILES string of the molecule is CCC1(CNC(=NC)NCc2cc(OC)c(OC)cc2OC)CCC1. The molecular formula is C19H31N3O3. The van der Waals surface area contributed by atoms with Crippen LogP contribution in [0.5, 0.6) is 17.2 Å². The van der Waals surface area contributed by atoms with Gasteiger partial charge in [-0.15, -0.1) is 0 Å². The molecular weight excluding hydrogens is 318 g/mol. The highest BCUT2D eigenvalue weighted by Gasteiger charge is 2.34. The maximum absolute atomic E-state index is 5.48. The van der Waals surface area contributed by atoms with Crippen molar-refractivity contribution in [1.82, 2.24) is 10.6 Å². The predicted octanol–water partition coefficient (Wildman–Crippen LogP) is 2.96. The molecule has 0 unspecified atom stereocenters. The topological polar surface area (TPSA) is 64.1 Å². The first-order chi connectivity index (χ1) is 12.1. The Bertz CT molecular complexity index is 592. The Balaban J connectivity index is 2.00. The summed E-state index contributed by atoms with van der Waals surface area (Å²) in [4.78, 5) is 4.33. The van der Waals surface area contributed by atoms with Crippen LogP contribution in [0.2, 0.25) is 0 Å². The van der Waals surface area contributed by atoms with Crippen LogP contribution in [0.4, 0.5) is 0 Å². The zero-order valence-electron chi connectivity index (χ0n) is 16.1. The number of nitrogens with zero attached hydrogens (tertiary/aromatic N) is 1. The number of benzene rings is 1. The van der Waals surface area contributed by atoms with E-state index in [1.165, 1.54) is 25.7 Å². The molecule has 140 valence electrons. The number of hydrogen-bond acceptors (Lipinski definition) is 4. The lowest BCUT2D eigenvalue weighted by atomic mass is 9.67. The van der Waals surface area contributed by atoms with Gasteiger partial charge < -0.3 is 24.8 Å². The van der Waals surface area contributed by atoms with Crippen molar-refractivity contribution < 1.29 is 14.2 Å². The van der Waals surface area contributed by atoms with Crippen LogP contribution >= 0.6 is 0 Å². The van der Waals surface area contributed by atoms with E-state index in [9.17, 15) is 0 Å². The molecule has 0 atom stereocenters. The zero-order chi connectivity index (χ0) is 18.3. The quantitative estimate of drug-likeness (QED) is 0.558. The fraction of sp³-hybridized carbons (Fsp3) is 0.632. The van der Waals surface area contributed by atoms with Gasteiger partial charge in [-0.3, -0.25) is 4.99 Å². The second-order valence-electron chi connectivity index (χ2n) is 6.51. The van der Waals surface area contributed by atoms with Crippen molar-refractivity contribution in [3.8, 4) is 17.2 Å². The minimum atomic E-state index is 0.443. The van der Waals surface area contributed by atoms with E-state index < -0.39 is 0 Å². The molecule has 0 saturated heterocycles. The zero-order valence-corrected chi connectivity index (χ0v) is 16.1. The van der Waals surface area contributed by atoms with E-state index >= 15 is 0 Å². The number of rotatable bonds is 8. The van der Waals surface area contributed by atoms with Crippen LogP contribution < -0.4 is 24.8 Å². The lowest BCUT2D eigenvalue weighted by Gasteiger charge is -2.41. The standard InChI is InChI=1S/C19H31N3O3/c1-6-19(8-7-9-19)13-22-18(20-2)21-12-14-10-16(24-4)17(25-5)11-15(14)23-3/h10-11H,6-9,12-13H2,1-5H3,(H2,20,21,22). The van der Waals surface area contributed by atoms with Crippen LogP contribution in [-0.4, -0.2) is 40.9 Å². The van der Waals surface area contributed by atoms with Crippen molar-refractivity contribution in [2.75, 3.05) is 34.9 Å². The molecule has 0 amide bonds. The van der Waals surface area contributed by atoms with Crippen LogP contribution in [0.15, 0.2) is 17.1 Å². The Morgan fingerprint density at radius 1 is 1.04 bits per heavy atom. The second-order valence-corrected chi connectivity index (χ2v) is 6.51. The van der Waals surface area contributed by atoms with E-state index in [1.807, 2.05) is 12.1 Å². The highest BCUT2D eigenvalue weighted by Crippen LogP contribution is 2.43. The van der Waals surface area contributed by atoms with E-state index in [2.05, 4.69) is 22.5 Å². The van der Waals surface area contributed by atoms with Crippen LogP contribution in [-0.2, 0) is 6.54 Å². The van der Waals surface area contributed by atoms with Crippen molar-refractivity contribution in [2.24, 2.45) is 10.4 Å². The molecule has 25 heavy (non-hydrogen) atoms. The summed E-state index contributed by atoms with van der Waals surface area (Å²) in [7, 11) is 6.69. The molecule has 2 N–H and O–H groups in total. The Morgan fingerprint density at radius 3 is 2.16 bits per heavy atom. The third kappa shape index (κ3) is 4.50. The van der Waals surface area contributed by atoms with Crippen LogP contribution in [0, 0.1) is 5.41 Å². The third-order valence-corrected chi connectivity index (χ3v) is 5.25. The summed E-state index contributed by atoms with van der Waals surface area (Å²) < 4.78 is 16.2. The summed E-state index contributed by atoms with van der Waals surface area (Å²) in [6, 6.07) is 3.77. The lowest BCUT2D eigenvalue weighted by Crippen LogP contribution is -2.46. The number of nitrogens with one attached hydrogen (secondary N) is 2. The van der Waals surface area contributed by atoms with Gasteiger partial charge in [0.25, 0.3) is 0 Å². The number of hydrogen-bond donors (Lipinski definition) is 2. The van der Waals surface area contributed by atoms with Crippen molar-refractivity contribution in [1.29, 1.82) is 0 Å². The van der Waals surface area contributed by atoms with E-state index in [0.717, 1.165) is 23.8 Å². The average Bonchev–Trinajstić information content (AvgIpc) is 2.62. The summed E-state index contributed by atoms with van der Waals surface area (Å²) in [5.41, 5.74) is 1.43. The highest BCUT2D eigenvalue weighted by molar-refractivity contribution is 5.79. The minimum absolute atomic E-state index is 0.443. The molecule has 0 heterocycles. The summed E-state index contributed by atoms with van der Waals surface area (Å²) in [5.74, 6) is 2.89. The Labute approximate surface area is 151 Å². The molecule has 0 spiro atoms. The molecule has 0 bridgehead atoms. The van der Waals surface area contributed by atoms with E-state index in [1.54, 1.807) is 28.4 Å². The van der Waals surface area contributed by atoms with Gasteiger partial charge >= 0.3 is 0 Å². The number of guanidine groups is 1. The fourth-order valence-electron chi connectivity index (χ4n) is 3.23. The third-order valence-electron chi connectivity index (χ3n) is 5.25. The summed E-state index contributed by atoms with van der Waals surface area (Å²) in [6.45, 7) is 3.82. The summed E-state index contributed by atoms with van der Waals surface area (Å²) in [5, 5.41) is 6.82. The first-order valence-corrected chi connectivity index (χ1v) is 8.84. The van der Waals surface area contributed by atoms with Gasteiger partial charge in [-0.2, -0.15) is 0 Å². The molecule has 6 nitrogen and oxygen atoms in total.